The monoisotopic (exact) mass is 212 g/mol. The standard InChI is InChI=1S/C12H20O2.CH4/c1-4-12(13)14-10-8-6-5-7-9-11(2)3;/h6,8-9H,4-5,7,10H2,1-3H3;1H4/b8-6+;. The van der Waals surface area contributed by atoms with E-state index in [1.165, 1.54) is 5.57 Å². The fourth-order valence-corrected chi connectivity index (χ4v) is 0.897. The Morgan fingerprint density at radius 1 is 1.20 bits per heavy atom. The van der Waals surface area contributed by atoms with Crippen molar-refractivity contribution in [2.45, 2.75) is 47.5 Å². The molecule has 0 spiro atoms. The van der Waals surface area contributed by atoms with Crippen LogP contribution in [0.5, 0.6) is 0 Å². The van der Waals surface area contributed by atoms with Crippen molar-refractivity contribution >= 4 is 5.97 Å². The Labute approximate surface area is 94.0 Å². The Kier molecular flexibility index (Phi) is 12.0. The van der Waals surface area contributed by atoms with Gasteiger partial charge in [0, 0.05) is 6.42 Å². The first-order valence-electron chi connectivity index (χ1n) is 5.10. The van der Waals surface area contributed by atoms with E-state index in [9.17, 15) is 4.79 Å². The summed E-state index contributed by atoms with van der Waals surface area (Å²) in [5.41, 5.74) is 1.34. The molecule has 0 amide bonds. The predicted molar refractivity (Wildman–Crippen MR) is 65.8 cm³/mol. The smallest absolute Gasteiger partial charge is 0.305 e. The highest BCUT2D eigenvalue weighted by atomic mass is 16.5. The maximum Gasteiger partial charge on any atom is 0.305 e. The summed E-state index contributed by atoms with van der Waals surface area (Å²) in [6.45, 7) is 6.38. The van der Waals surface area contributed by atoms with Crippen LogP contribution in [0.3, 0.4) is 0 Å². The lowest BCUT2D eigenvalue weighted by Gasteiger charge is -1.96. The Morgan fingerprint density at radius 3 is 2.40 bits per heavy atom. The Bertz CT molecular complexity index is 211. The van der Waals surface area contributed by atoms with Crippen LogP contribution in [-0.2, 0) is 9.53 Å². The average Bonchev–Trinajstić information content (AvgIpc) is 2.15. The first-order valence-corrected chi connectivity index (χ1v) is 5.10. The maximum absolute atomic E-state index is 10.7. The number of allylic oxidation sites excluding steroid dienone is 3. The summed E-state index contributed by atoms with van der Waals surface area (Å²) < 4.78 is 4.88. The third-order valence-electron chi connectivity index (χ3n) is 1.68. The normalized spacial score (nSPS) is 9.53. The molecule has 0 radical (unpaired) electrons. The van der Waals surface area contributed by atoms with Crippen LogP contribution in [0.1, 0.15) is 47.5 Å². The summed E-state index contributed by atoms with van der Waals surface area (Å²) in [4.78, 5) is 10.7. The minimum absolute atomic E-state index is 0. The molecule has 2 heteroatoms. The molecule has 2 nitrogen and oxygen atoms in total. The lowest BCUT2D eigenvalue weighted by Crippen LogP contribution is -2.01. The topological polar surface area (TPSA) is 26.3 Å². The maximum atomic E-state index is 10.7. The molecule has 0 aliphatic heterocycles. The van der Waals surface area contributed by atoms with Crippen molar-refractivity contribution < 1.29 is 9.53 Å². The molecule has 0 bridgehead atoms. The van der Waals surface area contributed by atoms with Crippen LogP contribution in [0.4, 0.5) is 0 Å². The van der Waals surface area contributed by atoms with E-state index >= 15 is 0 Å². The second kappa shape index (κ2) is 11.0. The summed E-state index contributed by atoms with van der Waals surface area (Å²) >= 11 is 0. The molecule has 15 heavy (non-hydrogen) atoms. The van der Waals surface area contributed by atoms with Crippen molar-refractivity contribution in [1.82, 2.24) is 0 Å². The van der Waals surface area contributed by atoms with Crippen LogP contribution in [0, 0.1) is 0 Å². The second-order valence-electron chi connectivity index (χ2n) is 3.37. The summed E-state index contributed by atoms with van der Waals surface area (Å²) in [5, 5.41) is 0. The number of hydrogen-bond donors (Lipinski definition) is 0. The van der Waals surface area contributed by atoms with Crippen molar-refractivity contribution in [2.75, 3.05) is 6.61 Å². The van der Waals surface area contributed by atoms with Gasteiger partial charge in [0.1, 0.15) is 6.61 Å². The van der Waals surface area contributed by atoms with Crippen LogP contribution in [0.2, 0.25) is 0 Å². The summed E-state index contributed by atoms with van der Waals surface area (Å²) in [6.07, 6.45) is 8.65. The summed E-state index contributed by atoms with van der Waals surface area (Å²) in [7, 11) is 0. The third kappa shape index (κ3) is 12.9. The van der Waals surface area contributed by atoms with E-state index in [0.29, 0.717) is 13.0 Å². The Hall–Kier alpha value is -1.05. The van der Waals surface area contributed by atoms with Crippen molar-refractivity contribution in [2.24, 2.45) is 0 Å². The molecule has 0 atom stereocenters. The van der Waals surface area contributed by atoms with Gasteiger partial charge in [0.15, 0.2) is 0 Å². The van der Waals surface area contributed by atoms with Gasteiger partial charge in [-0.25, -0.2) is 0 Å². The molecule has 0 saturated heterocycles. The molecule has 0 N–H and O–H groups in total. The van der Waals surface area contributed by atoms with Crippen LogP contribution in [-0.4, -0.2) is 12.6 Å². The Morgan fingerprint density at radius 2 is 1.87 bits per heavy atom. The third-order valence-corrected chi connectivity index (χ3v) is 1.68. The number of carbonyl (C=O) groups excluding carboxylic acids is 1. The first-order chi connectivity index (χ1) is 6.66. The minimum Gasteiger partial charge on any atom is -0.461 e. The van der Waals surface area contributed by atoms with Crippen molar-refractivity contribution in [3.05, 3.63) is 23.8 Å². The molecule has 0 rings (SSSR count). The molecule has 0 fully saturated rings. The van der Waals surface area contributed by atoms with Crippen molar-refractivity contribution in [3.8, 4) is 0 Å². The number of esters is 1. The van der Waals surface area contributed by atoms with Crippen LogP contribution >= 0.6 is 0 Å². The molecular formula is C13H24O2. The van der Waals surface area contributed by atoms with Gasteiger partial charge in [-0.2, -0.15) is 0 Å². The first kappa shape index (κ1) is 16.4. The molecular weight excluding hydrogens is 188 g/mol. The van der Waals surface area contributed by atoms with Gasteiger partial charge in [-0.1, -0.05) is 38.2 Å². The van der Waals surface area contributed by atoms with E-state index < -0.39 is 0 Å². The molecule has 0 heterocycles. The lowest BCUT2D eigenvalue weighted by molar-refractivity contribution is -0.141. The molecule has 0 aromatic rings. The zero-order valence-electron chi connectivity index (χ0n) is 9.38. The second-order valence-corrected chi connectivity index (χ2v) is 3.37. The highest BCUT2D eigenvalue weighted by Gasteiger charge is 1.93. The van der Waals surface area contributed by atoms with E-state index in [-0.39, 0.29) is 13.4 Å². The highest BCUT2D eigenvalue weighted by molar-refractivity contribution is 5.68. The molecule has 88 valence electrons. The summed E-state index contributed by atoms with van der Waals surface area (Å²) in [6, 6.07) is 0. The van der Waals surface area contributed by atoms with E-state index in [1.54, 1.807) is 6.92 Å². The molecule has 0 aliphatic carbocycles. The van der Waals surface area contributed by atoms with Crippen molar-refractivity contribution in [3.63, 3.8) is 0 Å². The molecule has 0 aromatic carbocycles. The Balaban J connectivity index is 0. The molecule has 0 unspecified atom stereocenters. The summed E-state index contributed by atoms with van der Waals surface area (Å²) in [5.74, 6) is -0.140. The quantitative estimate of drug-likeness (QED) is 0.379. The van der Waals surface area contributed by atoms with E-state index in [2.05, 4.69) is 19.9 Å². The largest absolute Gasteiger partial charge is 0.461 e. The van der Waals surface area contributed by atoms with Crippen molar-refractivity contribution in [1.29, 1.82) is 0 Å². The van der Waals surface area contributed by atoms with Crippen LogP contribution < -0.4 is 0 Å². The zero-order chi connectivity index (χ0) is 10.8. The molecule has 0 saturated carbocycles. The van der Waals surface area contributed by atoms with Gasteiger partial charge in [-0.15, -0.1) is 0 Å². The number of rotatable bonds is 6. The van der Waals surface area contributed by atoms with Gasteiger partial charge in [0.2, 0.25) is 0 Å². The predicted octanol–water partition coefficient (Wildman–Crippen LogP) is 3.88. The lowest BCUT2D eigenvalue weighted by atomic mass is 10.2. The van der Waals surface area contributed by atoms with Gasteiger partial charge in [0.05, 0.1) is 0 Å². The fraction of sp³-hybridized carbons (Fsp3) is 0.615. The number of ether oxygens (including phenoxy) is 1. The SMILES string of the molecule is C.CCC(=O)OC/C=C/CCC=C(C)C. The molecule has 0 aromatic heterocycles. The number of hydrogen-bond acceptors (Lipinski definition) is 2. The van der Waals surface area contributed by atoms with E-state index in [4.69, 9.17) is 4.74 Å². The highest BCUT2D eigenvalue weighted by Crippen LogP contribution is 1.97. The number of carbonyl (C=O) groups is 1. The van der Waals surface area contributed by atoms with E-state index in [0.717, 1.165) is 12.8 Å². The van der Waals surface area contributed by atoms with Gasteiger partial charge < -0.3 is 4.74 Å². The van der Waals surface area contributed by atoms with Crippen LogP contribution in [0.25, 0.3) is 0 Å². The average molecular weight is 212 g/mol. The van der Waals surface area contributed by atoms with Gasteiger partial charge >= 0.3 is 5.97 Å². The van der Waals surface area contributed by atoms with E-state index in [1.807, 2.05) is 12.2 Å². The molecule has 0 aliphatic rings. The van der Waals surface area contributed by atoms with Crippen LogP contribution in [0.15, 0.2) is 23.8 Å². The van der Waals surface area contributed by atoms with Gasteiger partial charge in [0.25, 0.3) is 0 Å². The fourth-order valence-electron chi connectivity index (χ4n) is 0.897. The minimum atomic E-state index is -0.140. The van der Waals surface area contributed by atoms with Gasteiger partial charge in [-0.05, 0) is 26.7 Å². The number of unbranched alkanes of at least 4 members (excludes halogenated alkanes) is 1. The van der Waals surface area contributed by atoms with Gasteiger partial charge in [-0.3, -0.25) is 4.79 Å². The zero-order valence-corrected chi connectivity index (χ0v) is 9.38.